The van der Waals surface area contributed by atoms with Gasteiger partial charge in [0.2, 0.25) is 0 Å². The molecule has 0 saturated heterocycles. The minimum Gasteiger partial charge on any atom is -0.462 e. The summed E-state index contributed by atoms with van der Waals surface area (Å²) in [5.41, 5.74) is -10.8. The van der Waals surface area contributed by atoms with Crippen molar-refractivity contribution in [1.82, 2.24) is 0 Å². The highest BCUT2D eigenvalue weighted by molar-refractivity contribution is 5.76. The summed E-state index contributed by atoms with van der Waals surface area (Å²) in [6.45, 7) is 12.5. The SMILES string of the molecule is CCC(C)(C)C(=O)OC1(C)CCCCC1.CCC(C)(C)C(=O)OC1CC(C(C)(O)C(F)(F)F)CC(C(O)(C(F)(F)F)C(F)(F)F)C1. The predicted octanol–water partition coefficient (Wildman–Crippen LogP) is 8.61. The van der Waals surface area contributed by atoms with Crippen molar-refractivity contribution in [2.45, 2.75) is 161 Å². The molecule has 2 saturated carbocycles. The molecule has 6 nitrogen and oxygen atoms in total. The van der Waals surface area contributed by atoms with Gasteiger partial charge < -0.3 is 19.7 Å². The number of ether oxygens (including phenoxy) is 2. The molecule has 0 aliphatic heterocycles. The highest BCUT2D eigenvalue weighted by Gasteiger charge is 2.75. The number of alkyl halides is 9. The lowest BCUT2D eigenvalue weighted by atomic mass is 9.66. The number of aliphatic hydroxyl groups is 2. The van der Waals surface area contributed by atoms with Crippen LogP contribution in [0.3, 0.4) is 0 Å². The summed E-state index contributed by atoms with van der Waals surface area (Å²) in [5.74, 6) is -6.12. The fourth-order valence-electron chi connectivity index (χ4n) is 5.38. The van der Waals surface area contributed by atoms with Crippen LogP contribution < -0.4 is 0 Å². The molecule has 0 aromatic rings. The molecule has 0 amide bonds. The summed E-state index contributed by atoms with van der Waals surface area (Å²) in [4.78, 5) is 24.2. The lowest BCUT2D eigenvalue weighted by Gasteiger charge is -2.47. The molecule has 2 rings (SSSR count). The van der Waals surface area contributed by atoms with Crippen LogP contribution in [0.2, 0.25) is 0 Å². The van der Waals surface area contributed by atoms with E-state index in [0.29, 0.717) is 0 Å². The van der Waals surface area contributed by atoms with E-state index in [4.69, 9.17) is 9.47 Å². The molecule has 0 spiro atoms. The lowest BCUT2D eigenvalue weighted by molar-refractivity contribution is -0.391. The maximum absolute atomic E-state index is 13.3. The van der Waals surface area contributed by atoms with Crippen molar-refractivity contribution >= 4 is 11.9 Å². The Balaban J connectivity index is 0.000000587. The number of esters is 2. The Labute approximate surface area is 264 Å². The summed E-state index contributed by atoms with van der Waals surface area (Å²) in [6, 6.07) is 0. The maximum atomic E-state index is 13.3. The Hall–Kier alpha value is -1.77. The van der Waals surface area contributed by atoms with Crippen LogP contribution in [0.15, 0.2) is 0 Å². The smallest absolute Gasteiger partial charge is 0.426 e. The van der Waals surface area contributed by atoms with Gasteiger partial charge in [0, 0.05) is 11.8 Å². The van der Waals surface area contributed by atoms with E-state index < -0.39 is 78.3 Å². The number of halogens is 9. The van der Waals surface area contributed by atoms with Gasteiger partial charge in [-0.05, 0) is 99.3 Å². The van der Waals surface area contributed by atoms with E-state index in [0.717, 1.165) is 19.3 Å². The van der Waals surface area contributed by atoms with E-state index in [1.54, 1.807) is 6.92 Å². The van der Waals surface area contributed by atoms with Gasteiger partial charge >= 0.3 is 30.5 Å². The number of carbonyl (C=O) groups excluding carboxylic acids is 2. The molecular weight excluding hydrogens is 639 g/mol. The van der Waals surface area contributed by atoms with Crippen LogP contribution in [-0.4, -0.2) is 63.6 Å². The van der Waals surface area contributed by atoms with Crippen LogP contribution in [-0.2, 0) is 19.1 Å². The molecule has 2 N–H and O–H groups in total. The molecule has 2 aliphatic carbocycles. The highest BCUT2D eigenvalue weighted by atomic mass is 19.4. The molecule has 15 heteroatoms. The molecule has 0 bridgehead atoms. The monoisotopic (exact) mass is 688 g/mol. The number of hydrogen-bond donors (Lipinski definition) is 2. The molecule has 0 aromatic carbocycles. The first-order valence-corrected chi connectivity index (χ1v) is 15.5. The average Bonchev–Trinajstić information content (AvgIpc) is 2.90. The molecule has 4 atom stereocenters. The molecule has 272 valence electrons. The van der Waals surface area contributed by atoms with Crippen LogP contribution in [0, 0.1) is 22.7 Å². The zero-order valence-corrected chi connectivity index (χ0v) is 27.7. The Kier molecular flexibility index (Phi) is 13.2. The zero-order chi connectivity index (χ0) is 36.4. The third kappa shape index (κ3) is 9.65. The lowest BCUT2D eigenvalue weighted by Crippen LogP contribution is -2.64. The van der Waals surface area contributed by atoms with Gasteiger partial charge in [0.15, 0.2) is 5.60 Å². The molecule has 0 heterocycles. The third-order valence-corrected chi connectivity index (χ3v) is 9.88. The second-order valence-electron chi connectivity index (χ2n) is 14.4. The van der Waals surface area contributed by atoms with Gasteiger partial charge in [-0.1, -0.05) is 20.3 Å². The first kappa shape index (κ1) is 42.3. The van der Waals surface area contributed by atoms with E-state index in [-0.39, 0.29) is 30.3 Å². The van der Waals surface area contributed by atoms with Gasteiger partial charge in [-0.25, -0.2) is 0 Å². The molecule has 2 aliphatic rings. The van der Waals surface area contributed by atoms with Crippen molar-refractivity contribution in [1.29, 1.82) is 0 Å². The Morgan fingerprint density at radius 2 is 1.09 bits per heavy atom. The van der Waals surface area contributed by atoms with Crippen molar-refractivity contribution in [3.63, 3.8) is 0 Å². The van der Waals surface area contributed by atoms with Gasteiger partial charge in [0.05, 0.1) is 10.8 Å². The molecule has 4 unspecified atom stereocenters. The summed E-state index contributed by atoms with van der Waals surface area (Å²) >= 11 is 0. The Morgan fingerprint density at radius 3 is 1.48 bits per heavy atom. The van der Waals surface area contributed by atoms with E-state index in [2.05, 4.69) is 6.92 Å². The first-order valence-electron chi connectivity index (χ1n) is 15.5. The Morgan fingerprint density at radius 1 is 0.674 bits per heavy atom. The van der Waals surface area contributed by atoms with Crippen LogP contribution in [0.1, 0.15) is 120 Å². The summed E-state index contributed by atoms with van der Waals surface area (Å²) in [6.07, 6.45) is -16.5. The van der Waals surface area contributed by atoms with Crippen LogP contribution in [0.5, 0.6) is 0 Å². The quantitative estimate of drug-likeness (QED) is 0.196. The fraction of sp³-hybridized carbons (Fsp3) is 0.935. The Bertz CT molecular complexity index is 1010. The van der Waals surface area contributed by atoms with E-state index in [1.807, 2.05) is 20.8 Å². The van der Waals surface area contributed by atoms with Crippen molar-refractivity contribution in [3.8, 4) is 0 Å². The topological polar surface area (TPSA) is 93.1 Å². The molecule has 0 radical (unpaired) electrons. The standard InChI is InChI=1S/C18H25F9O4.C13H24O2/c1-5-13(2,3)12(28)31-11-7-9(14(4,29)16(19,20)21)6-10(8-11)15(30,17(22,23)24)18(25,26)27;1-5-12(2,3)11(14)15-13(4)9-7-6-8-10-13/h9-11,29-30H,5-8H2,1-4H3;5-10H2,1-4H3. The van der Waals surface area contributed by atoms with Crippen molar-refractivity contribution < 1.29 is 68.8 Å². The average molecular weight is 689 g/mol. The maximum Gasteiger partial charge on any atom is 0.426 e. The predicted molar refractivity (Wildman–Crippen MR) is 150 cm³/mol. The molecule has 2 fully saturated rings. The minimum absolute atomic E-state index is 0.0330. The normalized spacial score (nSPS) is 24.6. The molecule has 46 heavy (non-hydrogen) atoms. The van der Waals surface area contributed by atoms with Gasteiger partial charge in [-0.15, -0.1) is 0 Å². The van der Waals surface area contributed by atoms with Gasteiger partial charge in [0.25, 0.3) is 5.60 Å². The molecule has 0 aromatic heterocycles. The second kappa shape index (κ2) is 14.4. The van der Waals surface area contributed by atoms with Crippen molar-refractivity contribution in [2.75, 3.05) is 0 Å². The van der Waals surface area contributed by atoms with Crippen molar-refractivity contribution in [2.24, 2.45) is 22.7 Å². The first-order chi connectivity index (χ1) is 20.4. The van der Waals surface area contributed by atoms with E-state index >= 15 is 0 Å². The van der Waals surface area contributed by atoms with Crippen molar-refractivity contribution in [3.05, 3.63) is 0 Å². The number of rotatable bonds is 8. The van der Waals surface area contributed by atoms with Crippen LogP contribution in [0.4, 0.5) is 39.5 Å². The van der Waals surface area contributed by atoms with Gasteiger partial charge in [-0.2, -0.15) is 39.5 Å². The second-order valence-corrected chi connectivity index (χ2v) is 14.4. The van der Waals surface area contributed by atoms with Crippen LogP contribution in [0.25, 0.3) is 0 Å². The summed E-state index contributed by atoms with van der Waals surface area (Å²) in [5, 5.41) is 19.6. The fourth-order valence-corrected chi connectivity index (χ4v) is 5.38. The summed E-state index contributed by atoms with van der Waals surface area (Å²) in [7, 11) is 0. The largest absolute Gasteiger partial charge is 0.462 e. The summed E-state index contributed by atoms with van der Waals surface area (Å²) < 4.78 is 130. The zero-order valence-electron chi connectivity index (χ0n) is 27.7. The molecular formula is C31H49F9O6. The number of hydrogen-bond acceptors (Lipinski definition) is 6. The van der Waals surface area contributed by atoms with Gasteiger partial charge in [-0.3, -0.25) is 9.59 Å². The minimum atomic E-state index is -6.28. The van der Waals surface area contributed by atoms with Crippen LogP contribution >= 0.6 is 0 Å². The highest BCUT2D eigenvalue weighted by Crippen LogP contribution is 2.55. The van der Waals surface area contributed by atoms with E-state index in [1.165, 1.54) is 33.1 Å². The third-order valence-electron chi connectivity index (χ3n) is 9.88. The number of carbonyl (C=O) groups is 2. The van der Waals surface area contributed by atoms with E-state index in [9.17, 15) is 59.3 Å². The van der Waals surface area contributed by atoms with Gasteiger partial charge in [0.1, 0.15) is 11.7 Å².